The summed E-state index contributed by atoms with van der Waals surface area (Å²) in [6.07, 6.45) is 1.13. The van der Waals surface area contributed by atoms with Crippen LogP contribution in [0, 0.1) is 0 Å². The van der Waals surface area contributed by atoms with Crippen LogP contribution in [0.1, 0.15) is 23.7 Å². The third kappa shape index (κ3) is 3.37. The van der Waals surface area contributed by atoms with Crippen LogP contribution in [-0.2, 0) is 0 Å². The Kier molecular flexibility index (Phi) is 4.63. The molecule has 2 rings (SSSR count). The van der Waals surface area contributed by atoms with Crippen LogP contribution in [0.2, 0.25) is 5.02 Å². The molecule has 1 fully saturated rings. The minimum atomic E-state index is -0.00596. The molecule has 0 bridgehead atoms. The Hall–Kier alpha value is -0.870. The van der Waals surface area contributed by atoms with E-state index in [0.29, 0.717) is 21.9 Å². The zero-order valence-corrected chi connectivity index (χ0v) is 13.0. The van der Waals surface area contributed by atoms with Gasteiger partial charge in [-0.1, -0.05) is 18.5 Å². The van der Waals surface area contributed by atoms with Gasteiger partial charge in [0.05, 0.1) is 10.7 Å². The molecule has 1 heterocycles. The molecule has 1 aromatic rings. The van der Waals surface area contributed by atoms with Gasteiger partial charge in [0.2, 0.25) is 0 Å². The van der Waals surface area contributed by atoms with E-state index >= 15 is 0 Å². The lowest BCUT2D eigenvalue weighted by Gasteiger charge is -2.20. The molecule has 1 saturated heterocycles. The van der Waals surface area contributed by atoms with Gasteiger partial charge in [0.1, 0.15) is 0 Å². The van der Waals surface area contributed by atoms with Crippen LogP contribution in [0.3, 0.4) is 0 Å². The quantitative estimate of drug-likeness (QED) is 0.929. The topological polar surface area (TPSA) is 32.3 Å². The molecule has 0 spiro atoms. The number of halogens is 1. The number of hydrogen-bond donors (Lipinski definition) is 1. The van der Waals surface area contributed by atoms with Gasteiger partial charge in [-0.2, -0.15) is 11.8 Å². The predicted molar refractivity (Wildman–Crippen MR) is 83.4 cm³/mol. The third-order valence-corrected chi connectivity index (χ3v) is 4.99. The fourth-order valence-electron chi connectivity index (χ4n) is 2.15. The van der Waals surface area contributed by atoms with Gasteiger partial charge in [0.15, 0.2) is 0 Å². The smallest absolute Gasteiger partial charge is 0.253 e. The summed E-state index contributed by atoms with van der Waals surface area (Å²) in [5.41, 5.74) is 1.52. The van der Waals surface area contributed by atoms with E-state index in [2.05, 4.69) is 12.2 Å². The van der Waals surface area contributed by atoms with Crippen molar-refractivity contribution in [3.8, 4) is 0 Å². The number of anilines is 1. The zero-order chi connectivity index (χ0) is 14.0. The lowest BCUT2D eigenvalue weighted by Crippen LogP contribution is -2.25. The van der Waals surface area contributed by atoms with E-state index in [4.69, 9.17) is 11.6 Å². The Morgan fingerprint density at radius 2 is 2.21 bits per heavy atom. The number of nitrogens with zero attached hydrogens (tertiary/aromatic N) is 1. The molecule has 5 heteroatoms. The molecule has 0 saturated carbocycles. The summed E-state index contributed by atoms with van der Waals surface area (Å²) in [5, 5.41) is 4.71. The summed E-state index contributed by atoms with van der Waals surface area (Å²) in [4.78, 5) is 13.5. The van der Waals surface area contributed by atoms with Crippen molar-refractivity contribution in [3.63, 3.8) is 0 Å². The summed E-state index contributed by atoms with van der Waals surface area (Å²) < 4.78 is 0. The first-order chi connectivity index (χ1) is 8.99. The van der Waals surface area contributed by atoms with Crippen LogP contribution in [0.4, 0.5) is 5.69 Å². The van der Waals surface area contributed by atoms with E-state index in [1.54, 1.807) is 31.1 Å². The summed E-state index contributed by atoms with van der Waals surface area (Å²) in [5.74, 6) is 1.17. The first-order valence-corrected chi connectivity index (χ1v) is 7.81. The minimum Gasteiger partial charge on any atom is -0.380 e. The molecule has 1 amide bonds. The second kappa shape index (κ2) is 6.06. The van der Waals surface area contributed by atoms with E-state index in [9.17, 15) is 4.79 Å². The van der Waals surface area contributed by atoms with E-state index < -0.39 is 0 Å². The Labute approximate surface area is 123 Å². The number of nitrogens with one attached hydrogen (secondary N) is 1. The van der Waals surface area contributed by atoms with Gasteiger partial charge in [-0.25, -0.2) is 0 Å². The SMILES string of the molecule is CC1SCCC1Nc1cc(C(=O)N(C)C)ccc1Cl. The summed E-state index contributed by atoms with van der Waals surface area (Å²) in [6.45, 7) is 2.22. The minimum absolute atomic E-state index is 0.00596. The molecule has 2 unspecified atom stereocenters. The zero-order valence-electron chi connectivity index (χ0n) is 11.4. The number of amides is 1. The number of carbonyl (C=O) groups excluding carboxylic acids is 1. The summed E-state index contributed by atoms with van der Waals surface area (Å²) in [7, 11) is 3.50. The van der Waals surface area contributed by atoms with E-state index in [-0.39, 0.29) is 5.91 Å². The maximum Gasteiger partial charge on any atom is 0.253 e. The lowest BCUT2D eigenvalue weighted by atomic mass is 10.1. The van der Waals surface area contributed by atoms with E-state index in [1.807, 2.05) is 17.8 Å². The fourth-order valence-corrected chi connectivity index (χ4v) is 3.52. The summed E-state index contributed by atoms with van der Waals surface area (Å²) in [6, 6.07) is 5.82. The Bertz CT molecular complexity index is 479. The average Bonchev–Trinajstić information content (AvgIpc) is 2.77. The first-order valence-electron chi connectivity index (χ1n) is 6.38. The highest BCUT2D eigenvalue weighted by Gasteiger charge is 2.24. The van der Waals surface area contributed by atoms with Crippen molar-refractivity contribution in [2.45, 2.75) is 24.6 Å². The number of thioether (sulfide) groups is 1. The highest BCUT2D eigenvalue weighted by atomic mass is 35.5. The van der Waals surface area contributed by atoms with Gasteiger partial charge in [-0.05, 0) is 30.4 Å². The van der Waals surface area contributed by atoms with E-state index in [1.165, 1.54) is 5.75 Å². The van der Waals surface area contributed by atoms with Crippen molar-refractivity contribution >= 4 is 35.0 Å². The molecule has 1 aromatic carbocycles. The Balaban J connectivity index is 2.19. The van der Waals surface area contributed by atoms with Gasteiger partial charge in [-0.15, -0.1) is 0 Å². The van der Waals surface area contributed by atoms with Crippen molar-refractivity contribution in [3.05, 3.63) is 28.8 Å². The third-order valence-electron chi connectivity index (χ3n) is 3.34. The highest BCUT2D eigenvalue weighted by Crippen LogP contribution is 2.31. The maximum absolute atomic E-state index is 12.0. The Morgan fingerprint density at radius 3 is 2.79 bits per heavy atom. The van der Waals surface area contributed by atoms with Crippen molar-refractivity contribution in [1.82, 2.24) is 4.90 Å². The molecule has 1 aliphatic rings. The Morgan fingerprint density at radius 1 is 1.47 bits per heavy atom. The number of benzene rings is 1. The van der Waals surface area contributed by atoms with Crippen LogP contribution in [-0.4, -0.2) is 41.9 Å². The van der Waals surface area contributed by atoms with Crippen LogP contribution in [0.5, 0.6) is 0 Å². The normalized spacial score (nSPS) is 22.3. The van der Waals surface area contributed by atoms with Gasteiger partial charge in [0, 0.05) is 31.0 Å². The molecule has 104 valence electrons. The molecule has 1 aliphatic heterocycles. The summed E-state index contributed by atoms with van der Waals surface area (Å²) >= 11 is 8.18. The molecular formula is C14H19ClN2OS. The standard InChI is InChI=1S/C14H19ClN2OS/c1-9-12(6-7-19-9)16-13-8-10(4-5-11(13)15)14(18)17(2)3/h4-5,8-9,12,16H,6-7H2,1-3H3. The highest BCUT2D eigenvalue weighted by molar-refractivity contribution is 8.00. The van der Waals surface area contributed by atoms with Crippen LogP contribution in [0.15, 0.2) is 18.2 Å². The molecule has 19 heavy (non-hydrogen) atoms. The predicted octanol–water partition coefficient (Wildman–Crippen LogP) is 3.35. The number of hydrogen-bond acceptors (Lipinski definition) is 3. The molecule has 0 radical (unpaired) electrons. The monoisotopic (exact) mass is 298 g/mol. The largest absolute Gasteiger partial charge is 0.380 e. The number of carbonyl (C=O) groups is 1. The maximum atomic E-state index is 12.0. The van der Waals surface area contributed by atoms with Gasteiger partial charge in [0.25, 0.3) is 5.91 Å². The molecular weight excluding hydrogens is 280 g/mol. The van der Waals surface area contributed by atoms with Crippen molar-refractivity contribution in [2.75, 3.05) is 25.2 Å². The fraction of sp³-hybridized carbons (Fsp3) is 0.500. The second-order valence-electron chi connectivity index (χ2n) is 5.01. The molecule has 1 N–H and O–H groups in total. The van der Waals surface area contributed by atoms with Gasteiger partial charge >= 0.3 is 0 Å². The van der Waals surface area contributed by atoms with Gasteiger partial charge in [-0.3, -0.25) is 4.79 Å². The van der Waals surface area contributed by atoms with Crippen LogP contribution >= 0.6 is 23.4 Å². The number of rotatable bonds is 3. The lowest BCUT2D eigenvalue weighted by molar-refractivity contribution is 0.0827. The first kappa shape index (κ1) is 14.5. The van der Waals surface area contributed by atoms with Crippen molar-refractivity contribution in [2.24, 2.45) is 0 Å². The second-order valence-corrected chi connectivity index (χ2v) is 6.90. The van der Waals surface area contributed by atoms with Crippen molar-refractivity contribution < 1.29 is 4.79 Å². The van der Waals surface area contributed by atoms with E-state index in [0.717, 1.165) is 12.1 Å². The molecule has 2 atom stereocenters. The van der Waals surface area contributed by atoms with Crippen molar-refractivity contribution in [1.29, 1.82) is 0 Å². The molecule has 0 aromatic heterocycles. The van der Waals surface area contributed by atoms with Gasteiger partial charge < -0.3 is 10.2 Å². The molecule has 3 nitrogen and oxygen atoms in total. The average molecular weight is 299 g/mol. The molecule has 0 aliphatic carbocycles. The van der Waals surface area contributed by atoms with Crippen LogP contribution < -0.4 is 5.32 Å². The van der Waals surface area contributed by atoms with Crippen LogP contribution in [0.25, 0.3) is 0 Å².